The fourth-order valence-electron chi connectivity index (χ4n) is 3.50. The van der Waals surface area contributed by atoms with Crippen LogP contribution in [0.25, 0.3) is 0 Å². The van der Waals surface area contributed by atoms with Crippen LogP contribution in [-0.2, 0) is 14.4 Å². The van der Waals surface area contributed by atoms with E-state index in [1.165, 1.54) is 11.8 Å². The van der Waals surface area contributed by atoms with Crippen LogP contribution < -0.4 is 15.4 Å². The van der Waals surface area contributed by atoms with Crippen molar-refractivity contribution in [1.29, 1.82) is 0 Å². The highest BCUT2D eigenvalue weighted by Crippen LogP contribution is 2.30. The monoisotopic (exact) mass is 454 g/mol. The molecule has 3 rings (SSSR count). The predicted octanol–water partition coefficient (Wildman–Crippen LogP) is 4.42. The molecular weight excluding hydrogens is 428 g/mol. The first-order valence-electron chi connectivity index (χ1n) is 10.3. The molecular formula is C24H26N2O5S. The van der Waals surface area contributed by atoms with Crippen LogP contribution in [0.5, 0.6) is 5.75 Å². The zero-order valence-electron chi connectivity index (χ0n) is 17.9. The van der Waals surface area contributed by atoms with Crippen LogP contribution in [0.15, 0.2) is 65.6 Å². The van der Waals surface area contributed by atoms with E-state index < -0.39 is 23.1 Å². The van der Waals surface area contributed by atoms with Crippen LogP contribution in [0.1, 0.15) is 19.8 Å². The van der Waals surface area contributed by atoms with E-state index in [0.29, 0.717) is 30.0 Å². The molecule has 0 heterocycles. The molecule has 0 fully saturated rings. The van der Waals surface area contributed by atoms with Gasteiger partial charge in [-0.05, 0) is 50.1 Å². The maximum atomic E-state index is 12.7. The minimum absolute atomic E-state index is 0.174. The first kappa shape index (κ1) is 23.4. The Bertz CT molecular complexity index is 1020. The summed E-state index contributed by atoms with van der Waals surface area (Å²) in [5.74, 6) is -2.21. The molecule has 0 aliphatic heterocycles. The number of benzene rings is 2. The molecule has 0 saturated carbocycles. The Morgan fingerprint density at radius 2 is 1.75 bits per heavy atom. The lowest BCUT2D eigenvalue weighted by atomic mass is 9.82. The van der Waals surface area contributed by atoms with Crippen molar-refractivity contribution in [1.82, 2.24) is 0 Å². The summed E-state index contributed by atoms with van der Waals surface area (Å²) in [6.07, 6.45) is 4.40. The summed E-state index contributed by atoms with van der Waals surface area (Å²) in [6.45, 7) is 1.80. The van der Waals surface area contributed by atoms with E-state index in [1.54, 1.807) is 50.4 Å². The van der Waals surface area contributed by atoms with Gasteiger partial charge in [-0.25, -0.2) is 0 Å². The molecule has 3 N–H and O–H groups in total. The van der Waals surface area contributed by atoms with Gasteiger partial charge in [-0.2, -0.15) is 0 Å². The van der Waals surface area contributed by atoms with E-state index in [4.69, 9.17) is 4.74 Å². The highest BCUT2D eigenvalue weighted by atomic mass is 32.2. The Labute approximate surface area is 191 Å². The number of rotatable bonds is 8. The van der Waals surface area contributed by atoms with Crippen molar-refractivity contribution in [3.8, 4) is 5.75 Å². The third-order valence-corrected chi connectivity index (χ3v) is 6.33. The van der Waals surface area contributed by atoms with Crippen LogP contribution in [-0.4, -0.2) is 35.2 Å². The Morgan fingerprint density at radius 1 is 1.03 bits per heavy atom. The molecule has 32 heavy (non-hydrogen) atoms. The normalized spacial score (nSPS) is 18.4. The van der Waals surface area contributed by atoms with Gasteiger partial charge in [0.15, 0.2) is 0 Å². The number of carboxylic acid groups (broad SMARTS) is 1. The number of carbonyl (C=O) groups excluding carboxylic acids is 2. The van der Waals surface area contributed by atoms with Crippen molar-refractivity contribution >= 4 is 40.9 Å². The van der Waals surface area contributed by atoms with Gasteiger partial charge in [0.2, 0.25) is 11.8 Å². The number of nitrogens with one attached hydrogen (secondary N) is 2. The van der Waals surface area contributed by atoms with E-state index >= 15 is 0 Å². The first-order chi connectivity index (χ1) is 15.4. The van der Waals surface area contributed by atoms with E-state index in [2.05, 4.69) is 10.6 Å². The van der Waals surface area contributed by atoms with Crippen LogP contribution in [0.3, 0.4) is 0 Å². The molecule has 8 heteroatoms. The quantitative estimate of drug-likeness (QED) is 0.403. The Balaban J connectivity index is 1.63. The summed E-state index contributed by atoms with van der Waals surface area (Å²) >= 11 is 1.36. The van der Waals surface area contributed by atoms with Crippen molar-refractivity contribution in [3.05, 3.63) is 60.7 Å². The van der Waals surface area contributed by atoms with E-state index in [9.17, 15) is 19.5 Å². The predicted molar refractivity (Wildman–Crippen MR) is 125 cm³/mol. The molecule has 0 aromatic heterocycles. The largest absolute Gasteiger partial charge is 0.495 e. The maximum absolute atomic E-state index is 12.7. The SMILES string of the molecule is COc1ccccc1NC(=O)C(C)Sc1cccc(NC(=O)C2CC=CCC2C(=O)O)c1. The summed E-state index contributed by atoms with van der Waals surface area (Å²) in [5, 5.41) is 14.7. The molecule has 2 amide bonds. The molecule has 1 aliphatic rings. The number of methoxy groups -OCH3 is 1. The standard InChI is InChI=1S/C24H26N2O5S/c1-15(22(27)26-20-12-5-6-13-21(20)31-2)32-17-9-7-8-16(14-17)25-23(28)18-10-3-4-11-19(18)24(29)30/h3-9,12-15,18-19H,10-11H2,1-2H3,(H,25,28)(H,26,27)(H,29,30). The molecule has 168 valence electrons. The lowest BCUT2D eigenvalue weighted by Crippen LogP contribution is -2.34. The number of amides is 2. The number of carboxylic acids is 1. The molecule has 0 spiro atoms. The number of ether oxygens (including phenoxy) is 1. The third-order valence-electron chi connectivity index (χ3n) is 5.23. The maximum Gasteiger partial charge on any atom is 0.307 e. The molecule has 2 aromatic rings. The zero-order valence-corrected chi connectivity index (χ0v) is 18.7. The number of carbonyl (C=O) groups is 3. The fraction of sp³-hybridized carbons (Fsp3) is 0.292. The molecule has 0 radical (unpaired) electrons. The second-order valence-corrected chi connectivity index (χ2v) is 8.87. The first-order valence-corrected chi connectivity index (χ1v) is 11.2. The van der Waals surface area contributed by atoms with Crippen LogP contribution in [0.4, 0.5) is 11.4 Å². The van der Waals surface area contributed by atoms with E-state index in [1.807, 2.05) is 24.3 Å². The average molecular weight is 455 g/mol. The third kappa shape index (κ3) is 5.91. The summed E-state index contributed by atoms with van der Waals surface area (Å²) in [6, 6.07) is 14.4. The Hall–Kier alpha value is -3.26. The van der Waals surface area contributed by atoms with Gasteiger partial charge >= 0.3 is 5.97 Å². The highest BCUT2D eigenvalue weighted by molar-refractivity contribution is 8.00. The van der Waals surface area contributed by atoms with Gasteiger partial charge in [0.05, 0.1) is 29.9 Å². The average Bonchev–Trinajstić information content (AvgIpc) is 2.79. The summed E-state index contributed by atoms with van der Waals surface area (Å²) in [7, 11) is 1.55. The fourth-order valence-corrected chi connectivity index (χ4v) is 4.43. The van der Waals surface area contributed by atoms with Crippen LogP contribution >= 0.6 is 11.8 Å². The molecule has 0 saturated heterocycles. The molecule has 1 aliphatic carbocycles. The summed E-state index contributed by atoms with van der Waals surface area (Å²) in [5.41, 5.74) is 1.17. The number of allylic oxidation sites excluding steroid dienone is 2. The van der Waals surface area contributed by atoms with Crippen LogP contribution in [0.2, 0.25) is 0 Å². The smallest absolute Gasteiger partial charge is 0.307 e. The molecule has 2 aromatic carbocycles. The second kappa shape index (κ2) is 10.9. The number of para-hydroxylation sites is 2. The van der Waals surface area contributed by atoms with Gasteiger partial charge < -0.3 is 20.5 Å². The van der Waals surface area contributed by atoms with E-state index in [-0.39, 0.29) is 11.8 Å². The van der Waals surface area contributed by atoms with Crippen molar-refractivity contribution in [3.63, 3.8) is 0 Å². The van der Waals surface area contributed by atoms with Gasteiger partial charge in [0.25, 0.3) is 0 Å². The molecule has 0 bridgehead atoms. The van der Waals surface area contributed by atoms with Gasteiger partial charge in [-0.15, -0.1) is 11.8 Å². The Kier molecular flexibility index (Phi) is 7.94. The van der Waals surface area contributed by atoms with Gasteiger partial charge in [0, 0.05) is 10.6 Å². The number of anilines is 2. The number of thioether (sulfide) groups is 1. The van der Waals surface area contributed by atoms with Crippen LogP contribution in [0, 0.1) is 11.8 Å². The summed E-state index contributed by atoms with van der Waals surface area (Å²) < 4.78 is 5.27. The van der Waals surface area contributed by atoms with Crippen molar-refractivity contribution < 1.29 is 24.2 Å². The Morgan fingerprint density at radius 3 is 2.47 bits per heavy atom. The number of hydrogen-bond donors (Lipinski definition) is 3. The van der Waals surface area contributed by atoms with Crippen molar-refractivity contribution in [2.24, 2.45) is 11.8 Å². The van der Waals surface area contributed by atoms with Gasteiger partial charge in [-0.3, -0.25) is 14.4 Å². The second-order valence-electron chi connectivity index (χ2n) is 7.46. The topological polar surface area (TPSA) is 105 Å². The van der Waals surface area contributed by atoms with Gasteiger partial charge in [-0.1, -0.05) is 30.4 Å². The minimum Gasteiger partial charge on any atom is -0.495 e. The minimum atomic E-state index is -0.964. The molecule has 7 nitrogen and oxygen atoms in total. The number of hydrogen-bond acceptors (Lipinski definition) is 5. The highest BCUT2D eigenvalue weighted by Gasteiger charge is 2.34. The number of aliphatic carboxylic acids is 1. The lowest BCUT2D eigenvalue weighted by molar-refractivity contribution is -0.146. The van der Waals surface area contributed by atoms with E-state index in [0.717, 1.165) is 4.90 Å². The zero-order chi connectivity index (χ0) is 23.1. The molecule has 3 unspecified atom stereocenters. The summed E-state index contributed by atoms with van der Waals surface area (Å²) in [4.78, 5) is 37.6. The lowest BCUT2D eigenvalue weighted by Gasteiger charge is -2.24. The van der Waals surface area contributed by atoms with Crippen molar-refractivity contribution in [2.45, 2.75) is 29.9 Å². The van der Waals surface area contributed by atoms with Gasteiger partial charge in [0.1, 0.15) is 5.75 Å². The van der Waals surface area contributed by atoms with Crippen molar-refractivity contribution in [2.75, 3.05) is 17.7 Å². The molecule has 3 atom stereocenters.